The minimum Gasteiger partial charge on any atom is -0.783 e. The highest BCUT2D eigenvalue weighted by Gasteiger charge is 2.63. The van der Waals surface area contributed by atoms with E-state index in [-0.39, 0.29) is 5.54 Å². The minimum absolute atomic E-state index is 0.373. The van der Waals surface area contributed by atoms with Crippen molar-refractivity contribution in [1.29, 1.82) is 0 Å². The van der Waals surface area contributed by atoms with Gasteiger partial charge in [0.25, 0.3) is 0 Å². The number of hydrogen-bond donors (Lipinski definition) is 0. The zero-order chi connectivity index (χ0) is 24.5. The van der Waals surface area contributed by atoms with Gasteiger partial charge in [0.05, 0.1) is 6.61 Å². The van der Waals surface area contributed by atoms with Gasteiger partial charge in [0.1, 0.15) is 5.72 Å². The Bertz CT molecular complexity index is 750. The van der Waals surface area contributed by atoms with Crippen LogP contribution in [0.25, 0.3) is 0 Å². The molecule has 5 aliphatic rings. The summed E-state index contributed by atoms with van der Waals surface area (Å²) in [6.45, 7) is 17.4. The molecule has 0 N–H and O–H groups in total. The first-order valence-corrected chi connectivity index (χ1v) is 15.0. The first-order valence-electron chi connectivity index (χ1n) is 15.0. The number of nitrogens with zero attached hydrogens (tertiary/aromatic N) is 1. The number of rotatable bonds is 5. The molecule has 34 heavy (non-hydrogen) atoms. The lowest BCUT2D eigenvalue weighted by Gasteiger charge is -2.64. The second-order valence-electron chi connectivity index (χ2n) is 15.2. The van der Waals surface area contributed by atoms with Crippen LogP contribution in [0.3, 0.4) is 0 Å². The predicted octanol–water partition coefficient (Wildman–Crippen LogP) is 8.41. The van der Waals surface area contributed by atoms with Gasteiger partial charge in [0.15, 0.2) is 0 Å². The Kier molecular flexibility index (Phi) is 6.55. The number of fused-ring (bicyclic) bond motifs is 5. The smallest absolute Gasteiger partial charge is 0.111 e. The number of hydroxylamine groups is 2. The molecule has 4 aliphatic carbocycles. The molecule has 1 spiro atoms. The highest BCUT2D eigenvalue weighted by molar-refractivity contribution is 5.12. The van der Waals surface area contributed by atoms with Crippen molar-refractivity contribution in [3.63, 3.8) is 0 Å². The summed E-state index contributed by atoms with van der Waals surface area (Å²) in [7, 11) is 0. The van der Waals surface area contributed by atoms with Gasteiger partial charge in [-0.05, 0) is 124 Å². The third kappa shape index (κ3) is 3.85. The van der Waals surface area contributed by atoms with Gasteiger partial charge in [-0.3, -0.25) is 0 Å². The van der Waals surface area contributed by atoms with Crippen LogP contribution >= 0.6 is 0 Å². The van der Waals surface area contributed by atoms with Crippen molar-refractivity contribution >= 4 is 0 Å². The fraction of sp³-hybridized carbons (Fsp3) is 1.00. The molecule has 0 aromatic heterocycles. The van der Waals surface area contributed by atoms with E-state index < -0.39 is 5.72 Å². The summed E-state index contributed by atoms with van der Waals surface area (Å²) in [6.07, 6.45) is 15.9. The third-order valence-electron chi connectivity index (χ3n) is 12.5. The van der Waals surface area contributed by atoms with E-state index >= 15 is 0 Å². The fourth-order valence-corrected chi connectivity index (χ4v) is 10.5. The molecule has 3 nitrogen and oxygen atoms in total. The van der Waals surface area contributed by atoms with Crippen LogP contribution in [0.5, 0.6) is 0 Å². The molecule has 5 rings (SSSR count). The molecule has 1 aliphatic heterocycles. The standard InChI is InChI=1S/C31H54NO2/c1-21(2)9-8-10-22(3)25-13-14-26-24-12-11-23-19-31(32(33)28(4,5)20-34-31)18-17-29(23,6)27(24)15-16-30(25,26)7/h21-27H,8-20H2,1-7H3/q-1/t22-,23+,24+,25-,26+,27+,29+,30-,31?/m1/s1. The zero-order valence-corrected chi connectivity index (χ0v) is 23.5. The van der Waals surface area contributed by atoms with Crippen LogP contribution in [0, 0.1) is 57.5 Å². The van der Waals surface area contributed by atoms with E-state index in [1.54, 1.807) is 0 Å². The molecule has 5 fully saturated rings. The maximum atomic E-state index is 13.3. The first-order chi connectivity index (χ1) is 15.9. The Morgan fingerprint density at radius 3 is 2.26 bits per heavy atom. The average Bonchev–Trinajstić information content (AvgIpc) is 3.24. The Labute approximate surface area is 210 Å². The summed E-state index contributed by atoms with van der Waals surface area (Å²) in [6, 6.07) is 0. The van der Waals surface area contributed by atoms with Gasteiger partial charge in [0.2, 0.25) is 0 Å². The third-order valence-corrected chi connectivity index (χ3v) is 12.5. The molecule has 0 bridgehead atoms. The van der Waals surface area contributed by atoms with Crippen LogP contribution < -0.4 is 0 Å². The fourth-order valence-electron chi connectivity index (χ4n) is 10.5. The van der Waals surface area contributed by atoms with Gasteiger partial charge >= 0.3 is 0 Å². The van der Waals surface area contributed by atoms with E-state index in [2.05, 4.69) is 48.5 Å². The maximum absolute atomic E-state index is 13.3. The molecule has 0 amide bonds. The van der Waals surface area contributed by atoms with Crippen molar-refractivity contribution in [2.75, 3.05) is 6.61 Å². The summed E-state index contributed by atoms with van der Waals surface area (Å²) in [5, 5.41) is 14.6. The molecular formula is C31H54NO2-. The van der Waals surface area contributed by atoms with Crippen LogP contribution in [0.4, 0.5) is 0 Å². The van der Waals surface area contributed by atoms with Gasteiger partial charge < -0.3 is 15.0 Å². The molecule has 1 heterocycles. The zero-order valence-electron chi connectivity index (χ0n) is 23.5. The molecule has 9 atom stereocenters. The molecule has 4 saturated carbocycles. The lowest BCUT2D eigenvalue weighted by atomic mass is 9.44. The summed E-state index contributed by atoms with van der Waals surface area (Å²) in [5.74, 6) is 6.05. The molecule has 0 aromatic rings. The minimum atomic E-state index is -0.534. The quantitative estimate of drug-likeness (QED) is 0.403. The largest absolute Gasteiger partial charge is 0.783 e. The lowest BCUT2D eigenvalue weighted by Crippen LogP contribution is -2.59. The van der Waals surface area contributed by atoms with E-state index in [4.69, 9.17) is 4.74 Å². The second-order valence-corrected chi connectivity index (χ2v) is 15.2. The second kappa shape index (κ2) is 8.73. The normalized spacial score (nSPS) is 49.1. The monoisotopic (exact) mass is 472 g/mol. The van der Waals surface area contributed by atoms with Crippen molar-refractivity contribution in [3.05, 3.63) is 5.21 Å². The van der Waals surface area contributed by atoms with Crippen LogP contribution in [0.1, 0.15) is 126 Å². The van der Waals surface area contributed by atoms with Crippen LogP contribution in [0.2, 0.25) is 0 Å². The highest BCUT2D eigenvalue weighted by Crippen LogP contribution is 2.69. The van der Waals surface area contributed by atoms with E-state index in [9.17, 15) is 5.21 Å². The molecule has 0 radical (unpaired) electrons. The summed E-state index contributed by atoms with van der Waals surface area (Å²) >= 11 is 0. The van der Waals surface area contributed by atoms with Crippen molar-refractivity contribution < 1.29 is 4.74 Å². The van der Waals surface area contributed by atoms with Crippen LogP contribution in [-0.4, -0.2) is 22.9 Å². The number of hydrogen-bond acceptors (Lipinski definition) is 3. The molecular weight excluding hydrogens is 418 g/mol. The molecule has 3 heteroatoms. The SMILES string of the molecule is CC(C)CCC[C@@H](C)[C@H]1CC[C@H]2[C@@H]3CC[C@H]4CC5(CC[C@]4(C)[C@H]3CC[C@]12C)OCC(C)(C)N5[O-]. The Hall–Kier alpha value is -0.120. The summed E-state index contributed by atoms with van der Waals surface area (Å²) in [5.41, 5.74) is 0.0746. The van der Waals surface area contributed by atoms with Gasteiger partial charge in [0, 0.05) is 5.54 Å². The Morgan fingerprint density at radius 1 is 0.853 bits per heavy atom. The molecule has 0 aromatic carbocycles. The van der Waals surface area contributed by atoms with E-state index in [1.807, 2.05) is 0 Å². The van der Waals surface area contributed by atoms with E-state index in [0.29, 0.717) is 23.4 Å². The van der Waals surface area contributed by atoms with Gasteiger partial charge in [-0.25, -0.2) is 0 Å². The predicted molar refractivity (Wildman–Crippen MR) is 141 cm³/mol. The van der Waals surface area contributed by atoms with Crippen molar-refractivity contribution in [1.82, 2.24) is 5.06 Å². The van der Waals surface area contributed by atoms with Gasteiger partial charge in [-0.1, -0.05) is 53.9 Å². The summed E-state index contributed by atoms with van der Waals surface area (Å²) < 4.78 is 6.33. The van der Waals surface area contributed by atoms with Crippen molar-refractivity contribution in [2.24, 2.45) is 52.3 Å². The molecule has 1 saturated heterocycles. The Morgan fingerprint density at radius 2 is 1.59 bits per heavy atom. The van der Waals surface area contributed by atoms with Gasteiger partial charge in [-0.15, -0.1) is 0 Å². The van der Waals surface area contributed by atoms with Crippen LogP contribution in [-0.2, 0) is 4.74 Å². The molecule has 196 valence electrons. The van der Waals surface area contributed by atoms with Crippen molar-refractivity contribution in [3.8, 4) is 0 Å². The van der Waals surface area contributed by atoms with Crippen LogP contribution in [0.15, 0.2) is 0 Å². The number of ether oxygens (including phenoxy) is 1. The highest BCUT2D eigenvalue weighted by atomic mass is 16.6. The first kappa shape index (κ1) is 25.5. The van der Waals surface area contributed by atoms with E-state index in [0.717, 1.165) is 48.3 Å². The lowest BCUT2D eigenvalue weighted by molar-refractivity contribution is -0.183. The van der Waals surface area contributed by atoms with Gasteiger partial charge in [-0.2, -0.15) is 0 Å². The summed E-state index contributed by atoms with van der Waals surface area (Å²) in [4.78, 5) is 0. The van der Waals surface area contributed by atoms with Crippen molar-refractivity contribution in [2.45, 2.75) is 137 Å². The maximum Gasteiger partial charge on any atom is 0.111 e. The molecule has 1 unspecified atom stereocenters. The Balaban J connectivity index is 1.29. The topological polar surface area (TPSA) is 35.5 Å². The average molecular weight is 473 g/mol. The van der Waals surface area contributed by atoms with E-state index in [1.165, 1.54) is 69.3 Å².